The third-order valence-electron chi connectivity index (χ3n) is 3.80. The molecular formula is C12H22O3. The number of rotatable bonds is 3. The Morgan fingerprint density at radius 2 is 2.33 bits per heavy atom. The molecule has 88 valence electrons. The van der Waals surface area contributed by atoms with Crippen LogP contribution in [0, 0.1) is 11.8 Å². The molecule has 0 spiro atoms. The first kappa shape index (κ1) is 12.5. The molecule has 0 aromatic carbocycles. The molecule has 1 saturated carbocycles. The van der Waals surface area contributed by atoms with Gasteiger partial charge in [-0.15, -0.1) is 0 Å². The number of methoxy groups -OCH3 is 1. The van der Waals surface area contributed by atoms with E-state index in [-0.39, 0.29) is 5.97 Å². The van der Waals surface area contributed by atoms with Crippen molar-refractivity contribution in [1.82, 2.24) is 0 Å². The predicted octanol–water partition coefficient (Wildman–Crippen LogP) is 2.13. The zero-order valence-electron chi connectivity index (χ0n) is 9.95. The maximum atomic E-state index is 11.4. The third kappa shape index (κ3) is 2.71. The smallest absolute Gasteiger partial charge is 0.311 e. The molecule has 3 nitrogen and oxygen atoms in total. The molecule has 1 rings (SSSR count). The number of ether oxygens (including phenoxy) is 1. The summed E-state index contributed by atoms with van der Waals surface area (Å²) in [5, 5.41) is 10.4. The van der Waals surface area contributed by atoms with E-state index in [1.807, 2.05) is 0 Å². The van der Waals surface area contributed by atoms with Gasteiger partial charge in [0.05, 0.1) is 18.6 Å². The fourth-order valence-electron chi connectivity index (χ4n) is 2.54. The second kappa shape index (κ2) is 4.97. The van der Waals surface area contributed by atoms with Gasteiger partial charge in [-0.25, -0.2) is 0 Å². The standard InChI is InChI=1S/C12H22O3/c1-4-10-6-5-7-12(14,8-10)9(2)11(13)15-3/h9-10,14H,4-8H2,1-3H3. The molecule has 0 amide bonds. The van der Waals surface area contributed by atoms with Gasteiger partial charge in [-0.1, -0.05) is 26.2 Å². The average molecular weight is 214 g/mol. The number of carbonyl (C=O) groups excluding carboxylic acids is 1. The molecule has 0 aromatic heterocycles. The number of hydrogen-bond acceptors (Lipinski definition) is 3. The highest BCUT2D eigenvalue weighted by atomic mass is 16.5. The van der Waals surface area contributed by atoms with Gasteiger partial charge >= 0.3 is 5.97 Å². The maximum absolute atomic E-state index is 11.4. The van der Waals surface area contributed by atoms with Crippen LogP contribution in [-0.2, 0) is 9.53 Å². The summed E-state index contributed by atoms with van der Waals surface area (Å²) >= 11 is 0. The van der Waals surface area contributed by atoms with Gasteiger partial charge in [-0.3, -0.25) is 4.79 Å². The summed E-state index contributed by atoms with van der Waals surface area (Å²) in [6.07, 6.45) is 4.72. The molecule has 3 unspecified atom stereocenters. The monoisotopic (exact) mass is 214 g/mol. The molecule has 1 aliphatic rings. The van der Waals surface area contributed by atoms with Crippen molar-refractivity contribution in [3.8, 4) is 0 Å². The Kier molecular flexibility index (Phi) is 4.14. The number of hydrogen-bond donors (Lipinski definition) is 1. The average Bonchev–Trinajstić information content (AvgIpc) is 2.27. The van der Waals surface area contributed by atoms with Gasteiger partial charge < -0.3 is 9.84 Å². The molecule has 1 N–H and O–H groups in total. The van der Waals surface area contributed by atoms with E-state index in [4.69, 9.17) is 4.74 Å². The SMILES string of the molecule is CCC1CCCC(O)(C(C)C(=O)OC)C1. The van der Waals surface area contributed by atoms with Gasteiger partial charge in [0.1, 0.15) is 0 Å². The first-order chi connectivity index (χ1) is 7.03. The van der Waals surface area contributed by atoms with Crippen LogP contribution in [0.1, 0.15) is 46.0 Å². The molecule has 15 heavy (non-hydrogen) atoms. The first-order valence-corrected chi connectivity index (χ1v) is 5.83. The summed E-state index contributed by atoms with van der Waals surface area (Å²) < 4.78 is 4.70. The molecular weight excluding hydrogens is 192 g/mol. The van der Waals surface area contributed by atoms with Crippen LogP contribution < -0.4 is 0 Å². The van der Waals surface area contributed by atoms with E-state index in [1.165, 1.54) is 13.5 Å². The van der Waals surface area contributed by atoms with Gasteiger partial charge in [-0.2, -0.15) is 0 Å². The van der Waals surface area contributed by atoms with Gasteiger partial charge in [0.2, 0.25) is 0 Å². The maximum Gasteiger partial charge on any atom is 0.311 e. The minimum absolute atomic E-state index is 0.297. The topological polar surface area (TPSA) is 46.5 Å². The lowest BCUT2D eigenvalue weighted by molar-refractivity contribution is -0.158. The van der Waals surface area contributed by atoms with Crippen LogP contribution in [0.4, 0.5) is 0 Å². The van der Waals surface area contributed by atoms with Gasteiger partial charge in [0.25, 0.3) is 0 Å². The first-order valence-electron chi connectivity index (χ1n) is 5.83. The fraction of sp³-hybridized carbons (Fsp3) is 0.917. The van der Waals surface area contributed by atoms with E-state index in [0.717, 1.165) is 25.7 Å². The molecule has 0 radical (unpaired) electrons. The molecule has 0 heterocycles. The fourth-order valence-corrected chi connectivity index (χ4v) is 2.54. The number of aliphatic hydroxyl groups is 1. The predicted molar refractivity (Wildman–Crippen MR) is 58.4 cm³/mol. The van der Waals surface area contributed by atoms with Crippen molar-refractivity contribution in [1.29, 1.82) is 0 Å². The Balaban J connectivity index is 2.68. The van der Waals surface area contributed by atoms with E-state index >= 15 is 0 Å². The minimum Gasteiger partial charge on any atom is -0.469 e. The normalized spacial score (nSPS) is 33.5. The molecule has 0 bridgehead atoms. The highest BCUT2D eigenvalue weighted by molar-refractivity contribution is 5.73. The van der Waals surface area contributed by atoms with Crippen molar-refractivity contribution < 1.29 is 14.6 Å². The Labute approximate surface area is 91.8 Å². The van der Waals surface area contributed by atoms with Crippen LogP contribution in [0.5, 0.6) is 0 Å². The zero-order chi connectivity index (χ0) is 11.5. The van der Waals surface area contributed by atoms with Gasteiger partial charge in [0.15, 0.2) is 0 Å². The molecule has 3 atom stereocenters. The van der Waals surface area contributed by atoms with Crippen LogP contribution in [0.2, 0.25) is 0 Å². The van der Waals surface area contributed by atoms with Crippen molar-refractivity contribution in [2.45, 2.75) is 51.6 Å². The van der Waals surface area contributed by atoms with E-state index in [0.29, 0.717) is 5.92 Å². The molecule has 1 fully saturated rings. The van der Waals surface area contributed by atoms with E-state index < -0.39 is 11.5 Å². The van der Waals surface area contributed by atoms with E-state index in [9.17, 15) is 9.90 Å². The highest BCUT2D eigenvalue weighted by Gasteiger charge is 2.42. The summed E-state index contributed by atoms with van der Waals surface area (Å²) in [5.41, 5.74) is -0.841. The lowest BCUT2D eigenvalue weighted by Crippen LogP contribution is -2.45. The Morgan fingerprint density at radius 1 is 1.67 bits per heavy atom. The molecule has 1 aliphatic carbocycles. The summed E-state index contributed by atoms with van der Waals surface area (Å²) in [6.45, 7) is 3.91. The van der Waals surface area contributed by atoms with Crippen LogP contribution in [-0.4, -0.2) is 23.8 Å². The Bertz CT molecular complexity index is 227. The summed E-state index contributed by atoms with van der Waals surface area (Å²) in [6, 6.07) is 0. The molecule has 0 saturated heterocycles. The van der Waals surface area contributed by atoms with Gasteiger partial charge in [0, 0.05) is 0 Å². The second-order valence-electron chi connectivity index (χ2n) is 4.72. The molecule has 0 aliphatic heterocycles. The summed E-state index contributed by atoms with van der Waals surface area (Å²) in [7, 11) is 1.38. The Hall–Kier alpha value is -0.570. The number of carbonyl (C=O) groups is 1. The van der Waals surface area contributed by atoms with Crippen molar-refractivity contribution in [3.63, 3.8) is 0 Å². The van der Waals surface area contributed by atoms with Crippen LogP contribution in [0.3, 0.4) is 0 Å². The zero-order valence-corrected chi connectivity index (χ0v) is 9.95. The second-order valence-corrected chi connectivity index (χ2v) is 4.72. The van der Waals surface area contributed by atoms with Crippen molar-refractivity contribution in [2.24, 2.45) is 11.8 Å². The Morgan fingerprint density at radius 3 is 2.87 bits per heavy atom. The third-order valence-corrected chi connectivity index (χ3v) is 3.80. The lowest BCUT2D eigenvalue weighted by Gasteiger charge is -2.39. The largest absolute Gasteiger partial charge is 0.469 e. The molecule has 3 heteroatoms. The minimum atomic E-state index is -0.841. The summed E-state index contributed by atoms with van der Waals surface area (Å²) in [5.74, 6) is -0.151. The lowest BCUT2D eigenvalue weighted by atomic mass is 9.71. The van der Waals surface area contributed by atoms with Gasteiger partial charge in [-0.05, 0) is 25.7 Å². The highest BCUT2D eigenvalue weighted by Crippen LogP contribution is 2.39. The van der Waals surface area contributed by atoms with Crippen molar-refractivity contribution >= 4 is 5.97 Å². The number of esters is 1. The van der Waals surface area contributed by atoms with Crippen LogP contribution in [0.25, 0.3) is 0 Å². The van der Waals surface area contributed by atoms with Crippen LogP contribution >= 0.6 is 0 Å². The van der Waals surface area contributed by atoms with Crippen LogP contribution in [0.15, 0.2) is 0 Å². The quantitative estimate of drug-likeness (QED) is 0.732. The molecule has 0 aromatic rings. The van der Waals surface area contributed by atoms with Crippen molar-refractivity contribution in [3.05, 3.63) is 0 Å². The van der Waals surface area contributed by atoms with E-state index in [2.05, 4.69) is 6.92 Å². The van der Waals surface area contributed by atoms with Crippen molar-refractivity contribution in [2.75, 3.05) is 7.11 Å². The summed E-state index contributed by atoms with van der Waals surface area (Å²) in [4.78, 5) is 11.4. The van der Waals surface area contributed by atoms with E-state index in [1.54, 1.807) is 6.92 Å².